The molecule has 0 bridgehead atoms. The standard InChI is InChI=1S/C45H35NO4P2.C12H9N/c1-3-17-34(18-4-1)47-51-48-42-28-27-32-15-7-9-21-36(32)43(42)45-31-44(45,30-29-33-16-8-12-24-39(33)45)50-52(49-35-19-5-2-6-20-35)46-40-25-13-10-22-37(40)38-23-11-14-26-41(38)46;1-3-7-11-9(5-1)10-6-2-4-8-12(10)13-11/h1-10,12-22,24-30,51H,11,23,31H2;1-8,13H. The van der Waals surface area contributed by atoms with E-state index in [0.29, 0.717) is 0 Å². The number of H-pyrrole nitrogens is 1. The zero-order valence-electron chi connectivity index (χ0n) is 35.4. The zero-order chi connectivity index (χ0) is 43.2. The number of hydrogen-bond donors (Lipinski definition) is 1. The largest absolute Gasteiger partial charge is 0.441 e. The number of allylic oxidation sites excluding steroid dienone is 1. The third-order valence-corrected chi connectivity index (χ3v) is 15.3. The number of benzene rings is 8. The molecule has 3 aliphatic carbocycles. The van der Waals surface area contributed by atoms with Gasteiger partial charge in [0.25, 0.3) is 9.03 Å². The Morgan fingerprint density at radius 1 is 0.569 bits per heavy atom. The quantitative estimate of drug-likeness (QED) is 0.139. The Morgan fingerprint density at radius 3 is 2.00 bits per heavy atom. The summed E-state index contributed by atoms with van der Waals surface area (Å²) >= 11 is 0. The second-order valence-corrected chi connectivity index (χ2v) is 18.6. The number of aromatic nitrogens is 2. The molecule has 316 valence electrons. The van der Waals surface area contributed by atoms with Gasteiger partial charge in [0.15, 0.2) is 0 Å². The Kier molecular flexibility index (Phi) is 10.1. The van der Waals surface area contributed by atoms with Gasteiger partial charge in [-0.05, 0) is 101 Å². The number of para-hydroxylation sites is 5. The van der Waals surface area contributed by atoms with Crippen molar-refractivity contribution in [3.05, 3.63) is 234 Å². The lowest BCUT2D eigenvalue weighted by Gasteiger charge is -2.33. The average molecular weight is 883 g/mol. The summed E-state index contributed by atoms with van der Waals surface area (Å²) in [7, 11) is -1.92. The van der Waals surface area contributed by atoms with E-state index in [4.69, 9.17) is 18.1 Å². The number of aromatic amines is 1. The van der Waals surface area contributed by atoms with E-state index in [0.717, 1.165) is 64.1 Å². The molecule has 1 fully saturated rings. The van der Waals surface area contributed by atoms with Crippen LogP contribution in [0.2, 0.25) is 0 Å². The number of fused-ring (bicyclic) bond motifs is 10. The number of nitrogens with one attached hydrogen (secondary N) is 1. The van der Waals surface area contributed by atoms with E-state index in [-0.39, 0.29) is 9.03 Å². The van der Waals surface area contributed by atoms with Crippen LogP contribution in [-0.4, -0.2) is 14.9 Å². The molecule has 0 radical (unpaired) electrons. The Labute approximate surface area is 380 Å². The molecule has 1 saturated carbocycles. The van der Waals surface area contributed by atoms with Gasteiger partial charge in [0, 0.05) is 32.8 Å². The minimum absolute atomic E-state index is 0.224. The first-order valence-electron chi connectivity index (χ1n) is 22.1. The van der Waals surface area contributed by atoms with Gasteiger partial charge >= 0.3 is 8.53 Å². The van der Waals surface area contributed by atoms with Crippen molar-refractivity contribution < 1.29 is 18.1 Å². The van der Waals surface area contributed by atoms with Crippen molar-refractivity contribution in [3.8, 4) is 17.2 Å². The predicted molar refractivity (Wildman–Crippen MR) is 269 cm³/mol. The summed E-state index contributed by atoms with van der Waals surface area (Å²) in [6.45, 7) is 0. The number of rotatable bonds is 10. The van der Waals surface area contributed by atoms with E-state index < -0.39 is 19.5 Å². The molecule has 0 spiro atoms. The van der Waals surface area contributed by atoms with Gasteiger partial charge in [0.2, 0.25) is 0 Å². The molecule has 65 heavy (non-hydrogen) atoms. The van der Waals surface area contributed by atoms with Crippen LogP contribution in [-0.2, 0) is 16.4 Å². The fourth-order valence-corrected chi connectivity index (χ4v) is 12.3. The highest BCUT2D eigenvalue weighted by atomic mass is 31.2. The third-order valence-electron chi connectivity index (χ3n) is 13.0. The molecule has 0 amide bonds. The molecule has 10 aromatic rings. The Bertz CT molecular complexity index is 3390. The van der Waals surface area contributed by atoms with Gasteiger partial charge in [-0.15, -0.1) is 0 Å². The SMILES string of the molecule is C1=Cc2c(c3ccccc3n2P(Oc2ccccc2)OC23C=Cc4ccccc4C2(c2c(OPOc4ccccc4)ccc4ccccc24)C3)CC1.c1ccc2c(c1)[nH]c1ccccc12. The van der Waals surface area contributed by atoms with Crippen LogP contribution in [0.5, 0.6) is 17.2 Å². The van der Waals surface area contributed by atoms with E-state index in [1.165, 1.54) is 43.9 Å². The summed E-state index contributed by atoms with van der Waals surface area (Å²) in [5.41, 5.74) is 8.30. The van der Waals surface area contributed by atoms with Gasteiger partial charge in [0.1, 0.15) is 22.8 Å². The maximum atomic E-state index is 7.67. The summed E-state index contributed by atoms with van der Waals surface area (Å²) < 4.78 is 29.8. The predicted octanol–water partition coefficient (Wildman–Crippen LogP) is 15.4. The molecule has 0 aliphatic heterocycles. The monoisotopic (exact) mass is 882 g/mol. The molecule has 2 heterocycles. The summed E-state index contributed by atoms with van der Waals surface area (Å²) in [6, 6.07) is 66.9. The maximum absolute atomic E-state index is 7.67. The van der Waals surface area contributed by atoms with Crippen molar-refractivity contribution in [2.75, 3.05) is 0 Å². The van der Waals surface area contributed by atoms with Crippen LogP contribution in [0.1, 0.15) is 40.8 Å². The van der Waals surface area contributed by atoms with Gasteiger partial charge in [-0.2, -0.15) is 0 Å². The second kappa shape index (κ2) is 16.6. The van der Waals surface area contributed by atoms with Crippen LogP contribution in [0, 0.1) is 0 Å². The Balaban J connectivity index is 0.000000291. The molecule has 3 aliphatic rings. The van der Waals surface area contributed by atoms with E-state index in [2.05, 4.69) is 167 Å². The topological polar surface area (TPSA) is 57.6 Å². The highest BCUT2D eigenvalue weighted by Crippen LogP contribution is 2.73. The van der Waals surface area contributed by atoms with Crippen LogP contribution in [0.3, 0.4) is 0 Å². The highest BCUT2D eigenvalue weighted by Gasteiger charge is 2.73. The second-order valence-electron chi connectivity index (χ2n) is 16.7. The summed E-state index contributed by atoms with van der Waals surface area (Å²) in [5.74, 6) is 2.34. The number of hydrogen-bond acceptors (Lipinski definition) is 4. The van der Waals surface area contributed by atoms with E-state index >= 15 is 0 Å². The van der Waals surface area contributed by atoms with E-state index in [1.807, 2.05) is 60.7 Å². The number of nitrogens with zero attached hydrogens (tertiary/aromatic N) is 1. The van der Waals surface area contributed by atoms with Gasteiger partial charge in [-0.1, -0.05) is 164 Å². The van der Waals surface area contributed by atoms with Crippen LogP contribution < -0.4 is 13.6 Å². The smallest absolute Gasteiger partial charge is 0.358 e. The molecule has 1 N–H and O–H groups in total. The fraction of sp³-hybridized carbons (Fsp3) is 0.0877. The lowest BCUT2D eigenvalue weighted by molar-refractivity contribution is 0.206. The molecule has 6 nitrogen and oxygen atoms in total. The number of aryl methyl sites for hydroxylation is 1. The van der Waals surface area contributed by atoms with Crippen molar-refractivity contribution in [2.45, 2.75) is 30.3 Å². The van der Waals surface area contributed by atoms with Gasteiger partial charge in [-0.3, -0.25) is 8.86 Å². The third kappa shape index (κ3) is 6.92. The van der Waals surface area contributed by atoms with Crippen molar-refractivity contribution in [1.29, 1.82) is 0 Å². The molecule has 8 heteroatoms. The highest BCUT2D eigenvalue weighted by molar-refractivity contribution is 7.46. The van der Waals surface area contributed by atoms with E-state index in [9.17, 15) is 0 Å². The van der Waals surface area contributed by atoms with Gasteiger partial charge < -0.3 is 18.6 Å². The van der Waals surface area contributed by atoms with E-state index in [1.54, 1.807) is 0 Å². The van der Waals surface area contributed by atoms with Crippen LogP contribution in [0.25, 0.3) is 55.6 Å². The lowest BCUT2D eigenvalue weighted by Crippen LogP contribution is -2.30. The molecule has 0 saturated heterocycles. The van der Waals surface area contributed by atoms with Crippen molar-refractivity contribution in [1.82, 2.24) is 9.32 Å². The van der Waals surface area contributed by atoms with Crippen LogP contribution >= 0.6 is 17.6 Å². The summed E-state index contributed by atoms with van der Waals surface area (Å²) in [4.78, 5) is 3.38. The summed E-state index contributed by atoms with van der Waals surface area (Å²) in [6.07, 6.45) is 11.8. The maximum Gasteiger partial charge on any atom is 0.358 e. The molecule has 4 unspecified atom stereocenters. The minimum Gasteiger partial charge on any atom is -0.441 e. The molecule has 2 aromatic heterocycles. The van der Waals surface area contributed by atoms with Gasteiger partial charge in [0.05, 0.1) is 16.6 Å². The average Bonchev–Trinajstić information content (AvgIpc) is 3.71. The van der Waals surface area contributed by atoms with Crippen molar-refractivity contribution in [3.63, 3.8) is 0 Å². The molecule has 4 atom stereocenters. The first-order valence-corrected chi connectivity index (χ1v) is 24.1. The summed E-state index contributed by atoms with van der Waals surface area (Å²) in [5, 5.41) is 6.15. The fourth-order valence-electron chi connectivity index (χ4n) is 10.0. The van der Waals surface area contributed by atoms with Crippen LogP contribution in [0.4, 0.5) is 0 Å². The molecular weight excluding hydrogens is 839 g/mol. The lowest BCUT2D eigenvalue weighted by atomic mass is 9.77. The normalized spacial score (nSPS) is 18.5. The first kappa shape index (κ1) is 39.6. The zero-order valence-corrected chi connectivity index (χ0v) is 37.3. The van der Waals surface area contributed by atoms with Gasteiger partial charge in [-0.25, -0.2) is 0 Å². The molecule has 8 aromatic carbocycles. The minimum atomic E-state index is -1.69. The van der Waals surface area contributed by atoms with Crippen molar-refractivity contribution in [2.24, 2.45) is 0 Å². The first-order chi connectivity index (χ1) is 32.2. The van der Waals surface area contributed by atoms with Crippen molar-refractivity contribution >= 4 is 73.2 Å². The van der Waals surface area contributed by atoms with Crippen LogP contribution in [0.15, 0.2) is 206 Å². The molecular formula is C57H44N2O4P2. The molecule has 13 rings (SSSR count). The Hall–Kier alpha value is -6.94. The Morgan fingerprint density at radius 2 is 1.22 bits per heavy atom.